The highest BCUT2D eigenvalue weighted by Gasteiger charge is 2.15. The number of nitrogens with one attached hydrogen (secondary N) is 2. The molecule has 0 saturated carbocycles. The second-order valence-electron chi connectivity index (χ2n) is 6.09. The van der Waals surface area contributed by atoms with E-state index in [2.05, 4.69) is 44.5 Å². The monoisotopic (exact) mass is 320 g/mol. The minimum absolute atomic E-state index is 0.132. The Bertz CT molecular complexity index is 918. The lowest BCUT2D eigenvalue weighted by atomic mass is 10.0. The number of aromatic amines is 1. The fourth-order valence-electron chi connectivity index (χ4n) is 3.40. The van der Waals surface area contributed by atoms with E-state index >= 15 is 0 Å². The second kappa shape index (κ2) is 6.35. The van der Waals surface area contributed by atoms with Gasteiger partial charge in [0.25, 0.3) is 5.56 Å². The smallest absolute Gasteiger partial charge is 0.251 e. The number of hydrogen-bond donors (Lipinski definition) is 2. The summed E-state index contributed by atoms with van der Waals surface area (Å²) < 4.78 is 0. The number of rotatable bonds is 4. The molecule has 24 heavy (non-hydrogen) atoms. The first-order valence-corrected chi connectivity index (χ1v) is 8.36. The summed E-state index contributed by atoms with van der Waals surface area (Å²) in [5.74, 6) is 0. The van der Waals surface area contributed by atoms with Gasteiger partial charge < -0.3 is 15.2 Å². The molecule has 1 aliphatic heterocycles. The van der Waals surface area contributed by atoms with Crippen molar-refractivity contribution >= 4 is 22.4 Å². The molecule has 0 atom stereocenters. The van der Waals surface area contributed by atoms with E-state index in [0.717, 1.165) is 37.1 Å². The van der Waals surface area contributed by atoms with Crippen molar-refractivity contribution in [1.82, 2.24) is 9.97 Å². The highest BCUT2D eigenvalue weighted by Crippen LogP contribution is 2.26. The molecule has 0 unspecified atom stereocenters. The van der Waals surface area contributed by atoms with Crippen LogP contribution in [0.4, 0.5) is 11.4 Å². The summed E-state index contributed by atoms with van der Waals surface area (Å²) in [4.78, 5) is 21.2. The van der Waals surface area contributed by atoms with Gasteiger partial charge in [-0.3, -0.25) is 4.79 Å². The lowest BCUT2D eigenvalue weighted by molar-refractivity contribution is 0.698. The Kier molecular flexibility index (Phi) is 3.91. The molecule has 0 amide bonds. The van der Waals surface area contributed by atoms with Crippen LogP contribution in [0.15, 0.2) is 53.5 Å². The van der Waals surface area contributed by atoms with Gasteiger partial charge in [0.1, 0.15) is 5.65 Å². The minimum atomic E-state index is -0.132. The molecule has 2 N–H and O–H groups in total. The molecule has 5 heteroatoms. The maximum absolute atomic E-state index is 11.8. The van der Waals surface area contributed by atoms with Gasteiger partial charge in [-0.15, -0.1) is 0 Å². The number of aryl methyl sites for hydroxylation is 1. The molecule has 0 radical (unpaired) electrons. The van der Waals surface area contributed by atoms with Gasteiger partial charge in [0.05, 0.1) is 5.69 Å². The Hall–Kier alpha value is -2.82. The molecular weight excluding hydrogens is 300 g/mol. The van der Waals surface area contributed by atoms with E-state index in [4.69, 9.17) is 0 Å². The van der Waals surface area contributed by atoms with E-state index in [0.29, 0.717) is 5.65 Å². The van der Waals surface area contributed by atoms with Crippen LogP contribution in [-0.2, 0) is 6.42 Å². The number of anilines is 2. The van der Waals surface area contributed by atoms with E-state index in [1.165, 1.54) is 17.7 Å². The SMILES string of the molecule is O=c1cc(NCCN2CCCc3ccccc32)c2cccnc2[nH]1. The number of para-hydroxylation sites is 1. The number of H-pyrrole nitrogens is 1. The first kappa shape index (κ1) is 14.8. The van der Waals surface area contributed by atoms with Crippen LogP contribution >= 0.6 is 0 Å². The molecule has 2 aromatic heterocycles. The first-order valence-electron chi connectivity index (χ1n) is 8.36. The van der Waals surface area contributed by atoms with Crippen molar-refractivity contribution in [2.75, 3.05) is 29.9 Å². The van der Waals surface area contributed by atoms with Gasteiger partial charge in [0.2, 0.25) is 0 Å². The standard InChI is InChI=1S/C19H20N4O/c24-18-13-16(15-7-3-9-21-19(15)22-18)20-10-12-23-11-4-6-14-5-1-2-8-17(14)23/h1-3,5,7-9,13H,4,6,10-12H2,(H2,20,21,22,24). The van der Waals surface area contributed by atoms with Crippen LogP contribution in [0.25, 0.3) is 11.0 Å². The van der Waals surface area contributed by atoms with Gasteiger partial charge in [-0.1, -0.05) is 18.2 Å². The average molecular weight is 320 g/mol. The summed E-state index contributed by atoms with van der Waals surface area (Å²) in [6.07, 6.45) is 4.03. The van der Waals surface area contributed by atoms with E-state index in [9.17, 15) is 4.79 Å². The number of aromatic nitrogens is 2. The molecule has 122 valence electrons. The van der Waals surface area contributed by atoms with Crippen molar-refractivity contribution in [1.29, 1.82) is 0 Å². The molecule has 0 aliphatic carbocycles. The average Bonchev–Trinajstić information content (AvgIpc) is 2.62. The summed E-state index contributed by atoms with van der Waals surface area (Å²) >= 11 is 0. The third-order valence-electron chi connectivity index (χ3n) is 4.52. The van der Waals surface area contributed by atoms with Gasteiger partial charge in [-0.2, -0.15) is 0 Å². The molecule has 0 fully saturated rings. The van der Waals surface area contributed by atoms with Gasteiger partial charge in [0, 0.05) is 43.0 Å². The van der Waals surface area contributed by atoms with Crippen LogP contribution in [0, 0.1) is 0 Å². The second-order valence-corrected chi connectivity index (χ2v) is 6.09. The normalized spacial score (nSPS) is 13.8. The molecule has 1 aliphatic rings. The highest BCUT2D eigenvalue weighted by molar-refractivity contribution is 5.88. The van der Waals surface area contributed by atoms with E-state index in [1.54, 1.807) is 12.3 Å². The zero-order valence-corrected chi connectivity index (χ0v) is 13.5. The van der Waals surface area contributed by atoms with E-state index in [-0.39, 0.29) is 5.56 Å². The van der Waals surface area contributed by atoms with Crippen LogP contribution in [0.5, 0.6) is 0 Å². The van der Waals surface area contributed by atoms with Crippen LogP contribution in [0.3, 0.4) is 0 Å². The molecule has 3 heterocycles. The summed E-state index contributed by atoms with van der Waals surface area (Å²) in [5, 5.41) is 4.35. The van der Waals surface area contributed by atoms with Crippen molar-refractivity contribution in [2.24, 2.45) is 0 Å². The first-order chi connectivity index (χ1) is 11.8. The molecular formula is C19H20N4O. The zero-order chi connectivity index (χ0) is 16.4. The van der Waals surface area contributed by atoms with Crippen molar-refractivity contribution in [2.45, 2.75) is 12.8 Å². The topological polar surface area (TPSA) is 61.0 Å². The van der Waals surface area contributed by atoms with Crippen LogP contribution in [-0.4, -0.2) is 29.6 Å². The van der Waals surface area contributed by atoms with Crippen LogP contribution in [0.2, 0.25) is 0 Å². The molecule has 4 rings (SSSR count). The van der Waals surface area contributed by atoms with Gasteiger partial charge in [-0.05, 0) is 36.6 Å². The van der Waals surface area contributed by atoms with Crippen molar-refractivity contribution in [3.63, 3.8) is 0 Å². The summed E-state index contributed by atoms with van der Waals surface area (Å²) in [6.45, 7) is 2.77. The zero-order valence-electron chi connectivity index (χ0n) is 13.5. The summed E-state index contributed by atoms with van der Waals surface area (Å²) in [5.41, 5.74) is 4.09. The van der Waals surface area contributed by atoms with Gasteiger partial charge in [0.15, 0.2) is 0 Å². The summed E-state index contributed by atoms with van der Waals surface area (Å²) in [6, 6.07) is 14.1. The largest absolute Gasteiger partial charge is 0.383 e. The Morgan fingerprint density at radius 2 is 2.12 bits per heavy atom. The number of fused-ring (bicyclic) bond motifs is 2. The van der Waals surface area contributed by atoms with Crippen molar-refractivity contribution in [3.05, 3.63) is 64.6 Å². The number of hydrogen-bond acceptors (Lipinski definition) is 4. The van der Waals surface area contributed by atoms with Crippen molar-refractivity contribution < 1.29 is 0 Å². The number of nitrogens with zero attached hydrogens (tertiary/aromatic N) is 2. The Balaban J connectivity index is 1.50. The lowest BCUT2D eigenvalue weighted by Gasteiger charge is -2.31. The molecule has 5 nitrogen and oxygen atoms in total. The Morgan fingerprint density at radius 3 is 3.08 bits per heavy atom. The fourth-order valence-corrected chi connectivity index (χ4v) is 3.40. The highest BCUT2D eigenvalue weighted by atomic mass is 16.1. The maximum atomic E-state index is 11.8. The minimum Gasteiger partial charge on any atom is -0.383 e. The predicted molar refractivity (Wildman–Crippen MR) is 97.8 cm³/mol. The van der Waals surface area contributed by atoms with Crippen LogP contribution < -0.4 is 15.8 Å². The third-order valence-corrected chi connectivity index (χ3v) is 4.52. The lowest BCUT2D eigenvalue weighted by Crippen LogP contribution is -2.33. The fraction of sp³-hybridized carbons (Fsp3) is 0.263. The van der Waals surface area contributed by atoms with E-state index < -0.39 is 0 Å². The van der Waals surface area contributed by atoms with Gasteiger partial charge >= 0.3 is 0 Å². The quantitative estimate of drug-likeness (QED) is 0.776. The van der Waals surface area contributed by atoms with E-state index in [1.807, 2.05) is 12.1 Å². The van der Waals surface area contributed by atoms with Gasteiger partial charge in [-0.25, -0.2) is 4.98 Å². The number of pyridine rings is 2. The Morgan fingerprint density at radius 1 is 1.21 bits per heavy atom. The molecule has 0 spiro atoms. The number of benzene rings is 1. The molecule has 0 bridgehead atoms. The van der Waals surface area contributed by atoms with Crippen molar-refractivity contribution in [3.8, 4) is 0 Å². The summed E-state index contributed by atoms with van der Waals surface area (Å²) in [7, 11) is 0. The predicted octanol–water partition coefficient (Wildman–Crippen LogP) is 2.79. The maximum Gasteiger partial charge on any atom is 0.251 e. The molecule has 3 aromatic rings. The third kappa shape index (κ3) is 2.85. The Labute approximate surface area is 140 Å². The molecule has 0 saturated heterocycles. The van der Waals surface area contributed by atoms with Crippen LogP contribution in [0.1, 0.15) is 12.0 Å². The molecule has 1 aromatic carbocycles.